The lowest BCUT2D eigenvalue weighted by molar-refractivity contribution is 0.101. The van der Waals surface area contributed by atoms with E-state index in [9.17, 15) is 13.2 Å². The molecule has 0 fully saturated rings. The van der Waals surface area contributed by atoms with Gasteiger partial charge < -0.3 is 4.90 Å². The van der Waals surface area contributed by atoms with E-state index in [1.165, 1.54) is 31.2 Å². The minimum atomic E-state index is -3.63. The average molecular weight is 333 g/mol. The normalized spacial score (nSPS) is 11.3. The van der Waals surface area contributed by atoms with Gasteiger partial charge in [-0.2, -0.15) is 0 Å². The zero-order valence-electron chi connectivity index (χ0n) is 13.3. The van der Waals surface area contributed by atoms with E-state index in [1.54, 1.807) is 12.3 Å². The maximum absolute atomic E-state index is 12.3. The molecule has 0 atom stereocenters. The van der Waals surface area contributed by atoms with Crippen LogP contribution < -0.4 is 9.62 Å². The van der Waals surface area contributed by atoms with Gasteiger partial charge in [0.25, 0.3) is 0 Å². The second-order valence-corrected chi connectivity index (χ2v) is 7.09. The molecule has 1 N–H and O–H groups in total. The van der Waals surface area contributed by atoms with Crippen LogP contribution in [0.25, 0.3) is 0 Å². The molecular formula is C16H19N3O3S. The molecule has 0 saturated heterocycles. The summed E-state index contributed by atoms with van der Waals surface area (Å²) in [5.41, 5.74) is 1.29. The first-order valence-electron chi connectivity index (χ1n) is 7.02. The van der Waals surface area contributed by atoms with Gasteiger partial charge in [-0.1, -0.05) is 12.1 Å². The van der Waals surface area contributed by atoms with Crippen LogP contribution in [0, 0.1) is 0 Å². The van der Waals surface area contributed by atoms with Crippen LogP contribution in [-0.2, 0) is 16.6 Å². The Labute approximate surface area is 136 Å². The van der Waals surface area contributed by atoms with Gasteiger partial charge in [0, 0.05) is 32.4 Å². The minimum absolute atomic E-state index is 0.102. The van der Waals surface area contributed by atoms with Crippen LogP contribution in [-0.4, -0.2) is 33.3 Å². The molecule has 6 nitrogen and oxygen atoms in total. The first-order valence-corrected chi connectivity index (χ1v) is 8.51. The van der Waals surface area contributed by atoms with Crippen LogP contribution in [0.1, 0.15) is 22.8 Å². The number of sulfonamides is 1. The monoisotopic (exact) mass is 333 g/mol. The summed E-state index contributed by atoms with van der Waals surface area (Å²) >= 11 is 0. The van der Waals surface area contributed by atoms with Crippen LogP contribution in [0.5, 0.6) is 0 Å². The van der Waals surface area contributed by atoms with Crippen molar-refractivity contribution >= 4 is 21.6 Å². The second kappa shape index (κ2) is 6.89. The highest BCUT2D eigenvalue weighted by molar-refractivity contribution is 7.89. The lowest BCUT2D eigenvalue weighted by atomic mass is 10.2. The molecule has 0 aliphatic rings. The molecule has 0 saturated carbocycles. The van der Waals surface area contributed by atoms with E-state index in [4.69, 9.17) is 0 Å². The number of hydrogen-bond acceptors (Lipinski definition) is 5. The Kier molecular flexibility index (Phi) is 5.12. The summed E-state index contributed by atoms with van der Waals surface area (Å²) in [5.74, 6) is 0.655. The molecule has 23 heavy (non-hydrogen) atoms. The van der Waals surface area contributed by atoms with Gasteiger partial charge in [-0.15, -0.1) is 0 Å². The van der Waals surface area contributed by atoms with E-state index in [1.807, 2.05) is 25.1 Å². The predicted molar refractivity (Wildman–Crippen MR) is 89.0 cm³/mol. The number of benzene rings is 1. The Morgan fingerprint density at radius 1 is 1.17 bits per heavy atom. The van der Waals surface area contributed by atoms with E-state index in [-0.39, 0.29) is 17.2 Å². The fraction of sp³-hybridized carbons (Fsp3) is 0.250. The topological polar surface area (TPSA) is 79.4 Å². The number of Topliss-reactive ketones (excluding diaryl/α,β-unsaturated/α-hetero) is 1. The highest BCUT2D eigenvalue weighted by Crippen LogP contribution is 2.13. The van der Waals surface area contributed by atoms with Crippen LogP contribution in [0.3, 0.4) is 0 Å². The lowest BCUT2D eigenvalue weighted by Gasteiger charge is -2.12. The number of nitrogens with one attached hydrogen (secondary N) is 1. The molecule has 122 valence electrons. The summed E-state index contributed by atoms with van der Waals surface area (Å²) in [6.45, 7) is 1.60. The minimum Gasteiger partial charge on any atom is -0.363 e. The molecule has 1 aromatic carbocycles. The van der Waals surface area contributed by atoms with Gasteiger partial charge in [-0.3, -0.25) is 4.79 Å². The summed E-state index contributed by atoms with van der Waals surface area (Å²) in [7, 11) is 0.106. The molecule has 2 rings (SSSR count). The molecule has 0 aliphatic carbocycles. The Morgan fingerprint density at radius 3 is 2.39 bits per heavy atom. The average Bonchev–Trinajstić information content (AvgIpc) is 2.53. The van der Waals surface area contributed by atoms with Crippen molar-refractivity contribution in [3.05, 3.63) is 53.7 Å². The SMILES string of the molecule is CC(=O)c1ccc(S(=O)(=O)NCc2ccnc(N(C)C)c2)cc1. The van der Waals surface area contributed by atoms with Crippen molar-refractivity contribution in [2.75, 3.05) is 19.0 Å². The molecule has 2 aromatic rings. The number of rotatable bonds is 6. The summed E-state index contributed by atoms with van der Waals surface area (Å²) in [6, 6.07) is 9.45. The summed E-state index contributed by atoms with van der Waals surface area (Å²) in [6.07, 6.45) is 1.64. The van der Waals surface area contributed by atoms with Crippen molar-refractivity contribution < 1.29 is 13.2 Å². The molecule has 0 aliphatic heterocycles. The highest BCUT2D eigenvalue weighted by Gasteiger charge is 2.14. The third-order valence-electron chi connectivity index (χ3n) is 3.31. The molecule has 0 radical (unpaired) electrons. The fourth-order valence-electron chi connectivity index (χ4n) is 1.95. The number of aromatic nitrogens is 1. The van der Waals surface area contributed by atoms with E-state index in [0.29, 0.717) is 5.56 Å². The maximum Gasteiger partial charge on any atom is 0.240 e. The van der Waals surface area contributed by atoms with E-state index < -0.39 is 10.0 Å². The molecule has 0 unspecified atom stereocenters. The third kappa shape index (κ3) is 4.37. The Balaban J connectivity index is 2.12. The molecule has 7 heteroatoms. The fourth-order valence-corrected chi connectivity index (χ4v) is 2.96. The quantitative estimate of drug-likeness (QED) is 0.816. The van der Waals surface area contributed by atoms with Crippen LogP contribution in [0.4, 0.5) is 5.82 Å². The molecule has 1 heterocycles. The Hall–Kier alpha value is -2.25. The Morgan fingerprint density at radius 2 is 1.83 bits per heavy atom. The van der Waals surface area contributed by atoms with Gasteiger partial charge in [0.2, 0.25) is 10.0 Å². The molecule has 0 spiro atoms. The number of pyridine rings is 1. The van der Waals surface area contributed by atoms with Crippen LogP contribution >= 0.6 is 0 Å². The summed E-state index contributed by atoms with van der Waals surface area (Å²) in [4.78, 5) is 17.4. The molecule has 0 bridgehead atoms. The summed E-state index contributed by atoms with van der Waals surface area (Å²) in [5, 5.41) is 0. The Bertz CT molecular complexity index is 800. The predicted octanol–water partition coefficient (Wildman–Crippen LogP) is 1.83. The first-order chi connectivity index (χ1) is 10.8. The lowest BCUT2D eigenvalue weighted by Crippen LogP contribution is -2.23. The number of anilines is 1. The van der Waals surface area contributed by atoms with E-state index >= 15 is 0 Å². The largest absolute Gasteiger partial charge is 0.363 e. The standard InChI is InChI=1S/C16H19N3O3S/c1-12(20)14-4-6-15(7-5-14)23(21,22)18-11-13-8-9-17-16(10-13)19(2)3/h4-10,18H,11H2,1-3H3. The van der Waals surface area contributed by atoms with Gasteiger partial charge in [-0.25, -0.2) is 18.1 Å². The van der Waals surface area contributed by atoms with Crippen molar-refractivity contribution in [1.82, 2.24) is 9.71 Å². The van der Waals surface area contributed by atoms with Gasteiger partial charge in [0.15, 0.2) is 5.78 Å². The zero-order chi connectivity index (χ0) is 17.0. The number of ketones is 1. The van der Waals surface area contributed by atoms with Gasteiger partial charge in [0.05, 0.1) is 4.90 Å². The highest BCUT2D eigenvalue weighted by atomic mass is 32.2. The van der Waals surface area contributed by atoms with Crippen molar-refractivity contribution in [1.29, 1.82) is 0 Å². The molecular weight excluding hydrogens is 314 g/mol. The van der Waals surface area contributed by atoms with Crippen molar-refractivity contribution in [2.45, 2.75) is 18.4 Å². The zero-order valence-corrected chi connectivity index (χ0v) is 14.1. The van der Waals surface area contributed by atoms with Crippen molar-refractivity contribution in [3.8, 4) is 0 Å². The van der Waals surface area contributed by atoms with E-state index in [0.717, 1.165) is 11.4 Å². The second-order valence-electron chi connectivity index (χ2n) is 5.32. The number of carbonyl (C=O) groups excluding carboxylic acids is 1. The number of nitrogens with zero attached hydrogens (tertiary/aromatic N) is 2. The van der Waals surface area contributed by atoms with Gasteiger partial charge in [0.1, 0.15) is 5.82 Å². The van der Waals surface area contributed by atoms with Crippen molar-refractivity contribution in [3.63, 3.8) is 0 Å². The maximum atomic E-state index is 12.3. The number of hydrogen-bond donors (Lipinski definition) is 1. The molecule has 0 amide bonds. The van der Waals surface area contributed by atoms with Gasteiger partial charge in [-0.05, 0) is 36.8 Å². The third-order valence-corrected chi connectivity index (χ3v) is 4.72. The smallest absolute Gasteiger partial charge is 0.240 e. The number of carbonyl (C=O) groups is 1. The van der Waals surface area contributed by atoms with Crippen LogP contribution in [0.15, 0.2) is 47.5 Å². The van der Waals surface area contributed by atoms with E-state index in [2.05, 4.69) is 9.71 Å². The summed E-state index contributed by atoms with van der Waals surface area (Å²) < 4.78 is 27.1. The van der Waals surface area contributed by atoms with Crippen LogP contribution in [0.2, 0.25) is 0 Å². The van der Waals surface area contributed by atoms with Crippen molar-refractivity contribution in [2.24, 2.45) is 0 Å². The molecule has 1 aromatic heterocycles. The first kappa shape index (κ1) is 17.1. The van der Waals surface area contributed by atoms with Gasteiger partial charge >= 0.3 is 0 Å².